The number of amides is 1. The van der Waals surface area contributed by atoms with Gasteiger partial charge in [-0.15, -0.1) is 0 Å². The molecular weight excluding hydrogens is 358 g/mol. The number of ketones is 1. The van der Waals surface area contributed by atoms with Crippen molar-refractivity contribution in [1.82, 2.24) is 5.32 Å². The van der Waals surface area contributed by atoms with Crippen LogP contribution >= 0.6 is 0 Å². The molecule has 6 heteroatoms. The zero-order valence-electron chi connectivity index (χ0n) is 16.4. The molecule has 0 saturated heterocycles. The van der Waals surface area contributed by atoms with E-state index in [1.54, 1.807) is 6.07 Å². The molecule has 0 aliphatic rings. The van der Waals surface area contributed by atoms with E-state index in [-0.39, 0.29) is 25.2 Å². The number of ether oxygens (including phenoxy) is 2. The molecule has 1 unspecified atom stereocenters. The second kappa shape index (κ2) is 10.3. The van der Waals surface area contributed by atoms with Gasteiger partial charge < -0.3 is 14.8 Å². The number of hydrogen-bond donors (Lipinski definition) is 1. The van der Waals surface area contributed by atoms with E-state index in [4.69, 9.17) is 9.47 Å². The summed E-state index contributed by atoms with van der Waals surface area (Å²) in [6.07, 6.45) is -0.514. The number of hydrogen-bond acceptors (Lipinski definition) is 5. The van der Waals surface area contributed by atoms with Gasteiger partial charge in [0.2, 0.25) is 0 Å². The van der Waals surface area contributed by atoms with Crippen LogP contribution in [0.3, 0.4) is 0 Å². The predicted octanol–water partition coefficient (Wildman–Crippen LogP) is 3.73. The number of esters is 1. The maximum Gasteiger partial charge on any atom is 0.408 e. The van der Waals surface area contributed by atoms with Crippen molar-refractivity contribution in [2.45, 2.75) is 39.3 Å². The molecule has 1 atom stereocenters. The fourth-order valence-electron chi connectivity index (χ4n) is 2.83. The van der Waals surface area contributed by atoms with E-state index < -0.39 is 18.1 Å². The van der Waals surface area contributed by atoms with Gasteiger partial charge in [-0.1, -0.05) is 54.1 Å². The molecule has 1 N–H and O–H groups in total. The molecule has 28 heavy (non-hydrogen) atoms. The fourth-order valence-corrected chi connectivity index (χ4v) is 2.83. The first kappa shape index (κ1) is 21.2. The minimum atomic E-state index is -0.956. The summed E-state index contributed by atoms with van der Waals surface area (Å²) in [6.45, 7) is 3.92. The van der Waals surface area contributed by atoms with Crippen molar-refractivity contribution in [3.05, 3.63) is 70.8 Å². The monoisotopic (exact) mass is 383 g/mol. The van der Waals surface area contributed by atoms with Crippen molar-refractivity contribution in [1.29, 1.82) is 0 Å². The zero-order valence-corrected chi connectivity index (χ0v) is 16.4. The third-order valence-corrected chi connectivity index (χ3v) is 4.33. The van der Waals surface area contributed by atoms with Crippen molar-refractivity contribution >= 4 is 17.8 Å². The number of nitrogens with one attached hydrogen (secondary N) is 1. The summed E-state index contributed by atoms with van der Waals surface area (Å²) in [5, 5.41) is 2.48. The Kier molecular flexibility index (Phi) is 7.75. The van der Waals surface area contributed by atoms with Gasteiger partial charge >= 0.3 is 12.1 Å². The van der Waals surface area contributed by atoms with Crippen LogP contribution in [0.1, 0.15) is 39.9 Å². The van der Waals surface area contributed by atoms with Crippen LogP contribution in [0.2, 0.25) is 0 Å². The molecule has 0 heterocycles. The number of carbonyl (C=O) groups excluding carboxylic acids is 3. The third-order valence-electron chi connectivity index (χ3n) is 4.33. The Bertz CT molecular complexity index is 832. The SMILES string of the molecule is COC(=O)C(CCC(=O)c1ccc(C)cc1C)NC(=O)OCc1ccccc1. The minimum absolute atomic E-state index is 0.0854. The highest BCUT2D eigenvalue weighted by molar-refractivity contribution is 5.97. The molecule has 0 aliphatic heterocycles. The average Bonchev–Trinajstić information content (AvgIpc) is 2.69. The van der Waals surface area contributed by atoms with Gasteiger partial charge in [-0.05, 0) is 31.4 Å². The van der Waals surface area contributed by atoms with E-state index in [9.17, 15) is 14.4 Å². The highest BCUT2D eigenvalue weighted by atomic mass is 16.6. The molecule has 0 saturated carbocycles. The van der Waals surface area contributed by atoms with E-state index in [1.165, 1.54) is 7.11 Å². The molecule has 0 fully saturated rings. The first-order valence-corrected chi connectivity index (χ1v) is 9.06. The van der Waals surface area contributed by atoms with Crippen molar-refractivity contribution in [2.75, 3.05) is 7.11 Å². The molecule has 0 aliphatic carbocycles. The molecular formula is C22H25NO5. The molecule has 1 amide bonds. The van der Waals surface area contributed by atoms with Gasteiger partial charge in [-0.3, -0.25) is 4.79 Å². The van der Waals surface area contributed by atoms with Crippen molar-refractivity contribution in [2.24, 2.45) is 0 Å². The van der Waals surface area contributed by atoms with Crippen LogP contribution in [0.5, 0.6) is 0 Å². The maximum atomic E-state index is 12.5. The largest absolute Gasteiger partial charge is 0.467 e. The molecule has 0 spiro atoms. The highest BCUT2D eigenvalue weighted by Gasteiger charge is 2.24. The summed E-state index contributed by atoms with van der Waals surface area (Å²) in [4.78, 5) is 36.5. The van der Waals surface area contributed by atoms with E-state index in [0.717, 1.165) is 16.7 Å². The van der Waals surface area contributed by atoms with Gasteiger partial charge in [0.05, 0.1) is 7.11 Å². The lowest BCUT2D eigenvalue weighted by molar-refractivity contribution is -0.143. The topological polar surface area (TPSA) is 81.7 Å². The lowest BCUT2D eigenvalue weighted by Crippen LogP contribution is -2.42. The zero-order chi connectivity index (χ0) is 20.5. The van der Waals surface area contributed by atoms with Crippen LogP contribution in [-0.4, -0.2) is 31.0 Å². The maximum absolute atomic E-state index is 12.5. The summed E-state index contributed by atoms with van der Waals surface area (Å²) in [7, 11) is 1.23. The quantitative estimate of drug-likeness (QED) is 0.555. The van der Waals surface area contributed by atoms with E-state index in [0.29, 0.717) is 5.56 Å². The number of rotatable bonds is 8. The first-order chi connectivity index (χ1) is 13.4. The van der Waals surface area contributed by atoms with Crippen LogP contribution in [0, 0.1) is 13.8 Å². The highest BCUT2D eigenvalue weighted by Crippen LogP contribution is 2.15. The lowest BCUT2D eigenvalue weighted by Gasteiger charge is -2.16. The van der Waals surface area contributed by atoms with Crippen LogP contribution in [0.15, 0.2) is 48.5 Å². The van der Waals surface area contributed by atoms with Crippen molar-refractivity contribution in [3.63, 3.8) is 0 Å². The van der Waals surface area contributed by atoms with Crippen molar-refractivity contribution in [3.8, 4) is 0 Å². The Morgan fingerprint density at radius 3 is 2.39 bits per heavy atom. The molecule has 0 aromatic heterocycles. The van der Waals surface area contributed by atoms with Crippen LogP contribution in [0.4, 0.5) is 4.79 Å². The Morgan fingerprint density at radius 2 is 1.75 bits per heavy atom. The molecule has 0 radical (unpaired) electrons. The van der Waals surface area contributed by atoms with Gasteiger partial charge in [-0.25, -0.2) is 9.59 Å². The Labute approximate surface area is 164 Å². The first-order valence-electron chi connectivity index (χ1n) is 9.06. The van der Waals surface area contributed by atoms with Gasteiger partial charge in [0.25, 0.3) is 0 Å². The second-order valence-corrected chi connectivity index (χ2v) is 6.56. The summed E-state index contributed by atoms with van der Waals surface area (Å²) in [5.74, 6) is -0.712. The molecule has 6 nitrogen and oxygen atoms in total. The van der Waals surface area contributed by atoms with E-state index in [2.05, 4.69) is 5.32 Å². The average molecular weight is 383 g/mol. The third kappa shape index (κ3) is 6.23. The van der Waals surface area contributed by atoms with Crippen LogP contribution < -0.4 is 5.32 Å². The summed E-state index contributed by atoms with van der Waals surface area (Å²) < 4.78 is 9.87. The molecule has 2 rings (SSSR count). The number of methoxy groups -OCH3 is 1. The number of aryl methyl sites for hydroxylation is 2. The fraction of sp³-hybridized carbons (Fsp3) is 0.318. The molecule has 2 aromatic carbocycles. The standard InChI is InChI=1S/C22H25NO5/c1-15-9-10-18(16(2)13-15)20(24)12-11-19(21(25)27-3)23-22(26)28-14-17-7-5-4-6-8-17/h4-10,13,19H,11-12,14H2,1-3H3,(H,23,26). The predicted molar refractivity (Wildman–Crippen MR) is 105 cm³/mol. The normalized spacial score (nSPS) is 11.4. The molecule has 2 aromatic rings. The van der Waals surface area contributed by atoms with E-state index >= 15 is 0 Å². The van der Waals surface area contributed by atoms with Gasteiger partial charge in [0.15, 0.2) is 5.78 Å². The number of benzene rings is 2. The molecule has 148 valence electrons. The van der Waals surface area contributed by atoms with Gasteiger partial charge in [-0.2, -0.15) is 0 Å². The van der Waals surface area contributed by atoms with E-state index in [1.807, 2.05) is 56.3 Å². The Morgan fingerprint density at radius 1 is 1.04 bits per heavy atom. The van der Waals surface area contributed by atoms with Crippen LogP contribution in [-0.2, 0) is 20.9 Å². The summed E-state index contributed by atoms with van der Waals surface area (Å²) >= 11 is 0. The summed E-state index contributed by atoms with van der Waals surface area (Å²) in [5.41, 5.74) is 3.40. The summed E-state index contributed by atoms with van der Waals surface area (Å²) in [6, 6.07) is 13.8. The lowest BCUT2D eigenvalue weighted by atomic mass is 9.98. The van der Waals surface area contributed by atoms with Gasteiger partial charge in [0, 0.05) is 12.0 Å². The number of alkyl carbamates (subject to hydrolysis) is 1. The minimum Gasteiger partial charge on any atom is -0.467 e. The Hall–Kier alpha value is -3.15. The molecule has 0 bridgehead atoms. The van der Waals surface area contributed by atoms with Gasteiger partial charge in [0.1, 0.15) is 12.6 Å². The van der Waals surface area contributed by atoms with Crippen molar-refractivity contribution < 1.29 is 23.9 Å². The van der Waals surface area contributed by atoms with Crippen LogP contribution in [0.25, 0.3) is 0 Å². The Balaban J connectivity index is 1.92. The second-order valence-electron chi connectivity index (χ2n) is 6.56. The smallest absolute Gasteiger partial charge is 0.408 e. The number of carbonyl (C=O) groups is 3. The number of Topliss-reactive ketones (excluding diaryl/α,β-unsaturated/α-hetero) is 1.